The summed E-state index contributed by atoms with van der Waals surface area (Å²) in [7, 11) is 1.57. The molecule has 0 aliphatic rings. The van der Waals surface area contributed by atoms with E-state index in [-0.39, 0.29) is 23.4 Å². The number of aromatic nitrogens is 2. The highest BCUT2D eigenvalue weighted by Gasteiger charge is 2.10. The van der Waals surface area contributed by atoms with E-state index in [4.69, 9.17) is 4.74 Å². The Bertz CT molecular complexity index is 884. The van der Waals surface area contributed by atoms with Gasteiger partial charge in [-0.15, -0.1) is 0 Å². The van der Waals surface area contributed by atoms with Crippen LogP contribution < -0.4 is 15.4 Å². The molecule has 0 radical (unpaired) electrons. The van der Waals surface area contributed by atoms with Crippen LogP contribution in [0.5, 0.6) is 5.75 Å². The van der Waals surface area contributed by atoms with Crippen molar-refractivity contribution in [2.45, 2.75) is 0 Å². The molecular formula is C18H15FN4O2. The first-order valence-electron chi connectivity index (χ1n) is 7.45. The molecule has 3 aromatic rings. The lowest BCUT2D eigenvalue weighted by Crippen LogP contribution is -2.14. The van der Waals surface area contributed by atoms with Crippen molar-refractivity contribution in [1.82, 2.24) is 9.97 Å². The zero-order valence-corrected chi connectivity index (χ0v) is 13.4. The molecular weight excluding hydrogens is 323 g/mol. The summed E-state index contributed by atoms with van der Waals surface area (Å²) in [6, 6.07) is 14.3. The Labute approximate surface area is 143 Å². The first-order valence-corrected chi connectivity index (χ1v) is 7.45. The quantitative estimate of drug-likeness (QED) is 0.743. The topological polar surface area (TPSA) is 76.1 Å². The highest BCUT2D eigenvalue weighted by molar-refractivity contribution is 6.03. The van der Waals surface area contributed by atoms with Gasteiger partial charge in [0.05, 0.1) is 7.11 Å². The Hall–Kier alpha value is -3.48. The molecule has 0 saturated carbocycles. The van der Waals surface area contributed by atoms with Gasteiger partial charge in [0.25, 0.3) is 5.91 Å². The SMILES string of the molecule is COc1ccc(NC(=O)c2ccnc(Nc3cccc(F)c3)n2)cc1. The van der Waals surface area contributed by atoms with Crippen molar-refractivity contribution in [3.8, 4) is 5.75 Å². The van der Waals surface area contributed by atoms with Gasteiger partial charge in [-0.05, 0) is 48.5 Å². The van der Waals surface area contributed by atoms with E-state index in [9.17, 15) is 9.18 Å². The molecule has 3 rings (SSSR count). The van der Waals surface area contributed by atoms with Crippen LogP contribution in [0.15, 0.2) is 60.8 Å². The molecule has 0 aliphatic carbocycles. The molecule has 1 amide bonds. The van der Waals surface area contributed by atoms with E-state index in [0.717, 1.165) is 0 Å². The smallest absolute Gasteiger partial charge is 0.274 e. The number of rotatable bonds is 5. The molecule has 0 bridgehead atoms. The van der Waals surface area contributed by atoms with Gasteiger partial charge in [0, 0.05) is 17.6 Å². The van der Waals surface area contributed by atoms with E-state index in [1.807, 2.05) is 0 Å². The highest BCUT2D eigenvalue weighted by atomic mass is 19.1. The molecule has 25 heavy (non-hydrogen) atoms. The number of nitrogens with zero attached hydrogens (tertiary/aromatic N) is 2. The van der Waals surface area contributed by atoms with Gasteiger partial charge < -0.3 is 15.4 Å². The molecule has 0 saturated heterocycles. The van der Waals surface area contributed by atoms with Crippen molar-refractivity contribution >= 4 is 23.2 Å². The largest absolute Gasteiger partial charge is 0.497 e. The molecule has 0 aliphatic heterocycles. The standard InChI is InChI=1S/C18H15FN4O2/c1-25-15-7-5-13(6-8-15)21-17(24)16-9-10-20-18(23-16)22-14-4-2-3-12(19)11-14/h2-11H,1H3,(H,21,24)(H,20,22,23). The van der Waals surface area contributed by atoms with Crippen LogP contribution in [0.2, 0.25) is 0 Å². The van der Waals surface area contributed by atoms with Gasteiger partial charge in [-0.25, -0.2) is 14.4 Å². The van der Waals surface area contributed by atoms with Gasteiger partial charge >= 0.3 is 0 Å². The molecule has 126 valence electrons. The Balaban J connectivity index is 1.72. The fourth-order valence-corrected chi connectivity index (χ4v) is 2.11. The fourth-order valence-electron chi connectivity index (χ4n) is 2.11. The summed E-state index contributed by atoms with van der Waals surface area (Å²) in [6.45, 7) is 0. The van der Waals surface area contributed by atoms with E-state index >= 15 is 0 Å². The van der Waals surface area contributed by atoms with Gasteiger partial charge in [0.1, 0.15) is 17.3 Å². The number of hydrogen-bond acceptors (Lipinski definition) is 5. The summed E-state index contributed by atoms with van der Waals surface area (Å²) in [5, 5.41) is 5.60. The maximum absolute atomic E-state index is 13.2. The average molecular weight is 338 g/mol. The summed E-state index contributed by atoms with van der Waals surface area (Å²) in [5.74, 6) is 0.142. The van der Waals surface area contributed by atoms with Crippen molar-refractivity contribution < 1.29 is 13.9 Å². The second-order valence-corrected chi connectivity index (χ2v) is 5.08. The highest BCUT2D eigenvalue weighted by Crippen LogP contribution is 2.17. The van der Waals surface area contributed by atoms with Gasteiger partial charge in [0.15, 0.2) is 0 Å². The second kappa shape index (κ2) is 7.39. The Morgan fingerprint density at radius 3 is 2.60 bits per heavy atom. The normalized spacial score (nSPS) is 10.2. The van der Waals surface area contributed by atoms with E-state index in [1.165, 1.54) is 24.4 Å². The summed E-state index contributed by atoms with van der Waals surface area (Å²) in [5.41, 5.74) is 1.29. The minimum absolute atomic E-state index is 0.185. The van der Waals surface area contributed by atoms with Crippen LogP contribution in [-0.4, -0.2) is 23.0 Å². The molecule has 7 heteroatoms. The molecule has 1 heterocycles. The van der Waals surface area contributed by atoms with E-state index in [0.29, 0.717) is 17.1 Å². The monoisotopic (exact) mass is 338 g/mol. The van der Waals surface area contributed by atoms with Crippen LogP contribution in [0.3, 0.4) is 0 Å². The Kier molecular flexibility index (Phi) is 4.84. The van der Waals surface area contributed by atoms with Crippen molar-refractivity contribution in [3.63, 3.8) is 0 Å². The molecule has 0 spiro atoms. The number of amides is 1. The number of carbonyl (C=O) groups excluding carboxylic acids is 1. The van der Waals surface area contributed by atoms with Gasteiger partial charge in [-0.1, -0.05) is 6.07 Å². The number of methoxy groups -OCH3 is 1. The Morgan fingerprint density at radius 2 is 1.88 bits per heavy atom. The van der Waals surface area contributed by atoms with Gasteiger partial charge in [0.2, 0.25) is 5.95 Å². The lowest BCUT2D eigenvalue weighted by Gasteiger charge is -2.08. The number of ether oxygens (including phenoxy) is 1. The van der Waals surface area contributed by atoms with Crippen LogP contribution in [0.4, 0.5) is 21.7 Å². The van der Waals surface area contributed by atoms with Crippen LogP contribution in [0.1, 0.15) is 10.5 Å². The van der Waals surface area contributed by atoms with Crippen molar-refractivity contribution in [2.75, 3.05) is 17.7 Å². The third-order valence-corrected chi connectivity index (χ3v) is 3.32. The average Bonchev–Trinajstić information content (AvgIpc) is 2.62. The van der Waals surface area contributed by atoms with E-state index in [1.54, 1.807) is 43.5 Å². The number of anilines is 3. The summed E-state index contributed by atoms with van der Waals surface area (Å²) in [6.07, 6.45) is 1.46. The predicted molar refractivity (Wildman–Crippen MR) is 92.7 cm³/mol. The Morgan fingerprint density at radius 1 is 1.08 bits per heavy atom. The zero-order valence-electron chi connectivity index (χ0n) is 13.4. The minimum Gasteiger partial charge on any atom is -0.497 e. The predicted octanol–water partition coefficient (Wildman–Crippen LogP) is 3.62. The number of carbonyl (C=O) groups is 1. The number of benzene rings is 2. The maximum Gasteiger partial charge on any atom is 0.274 e. The second-order valence-electron chi connectivity index (χ2n) is 5.08. The van der Waals surface area contributed by atoms with Crippen molar-refractivity contribution in [1.29, 1.82) is 0 Å². The molecule has 2 aromatic carbocycles. The first-order chi connectivity index (χ1) is 12.1. The summed E-state index contributed by atoms with van der Waals surface area (Å²) in [4.78, 5) is 20.5. The van der Waals surface area contributed by atoms with Crippen LogP contribution >= 0.6 is 0 Å². The van der Waals surface area contributed by atoms with E-state index < -0.39 is 0 Å². The number of nitrogens with one attached hydrogen (secondary N) is 2. The van der Waals surface area contributed by atoms with Crippen LogP contribution in [0.25, 0.3) is 0 Å². The van der Waals surface area contributed by atoms with Crippen molar-refractivity contribution in [2.24, 2.45) is 0 Å². The number of halogens is 1. The maximum atomic E-state index is 13.2. The molecule has 0 unspecified atom stereocenters. The van der Waals surface area contributed by atoms with Crippen LogP contribution in [-0.2, 0) is 0 Å². The third kappa shape index (κ3) is 4.29. The molecule has 0 atom stereocenters. The molecule has 6 nitrogen and oxygen atoms in total. The number of hydrogen-bond donors (Lipinski definition) is 2. The fraction of sp³-hybridized carbons (Fsp3) is 0.0556. The lowest BCUT2D eigenvalue weighted by atomic mass is 10.3. The minimum atomic E-state index is -0.380. The molecule has 1 aromatic heterocycles. The summed E-state index contributed by atoms with van der Waals surface area (Å²) < 4.78 is 18.3. The zero-order chi connectivity index (χ0) is 17.6. The van der Waals surface area contributed by atoms with Crippen LogP contribution in [0, 0.1) is 5.82 Å². The molecule has 2 N–H and O–H groups in total. The van der Waals surface area contributed by atoms with Gasteiger partial charge in [-0.3, -0.25) is 4.79 Å². The van der Waals surface area contributed by atoms with E-state index in [2.05, 4.69) is 20.6 Å². The molecule has 0 fully saturated rings. The summed E-state index contributed by atoms with van der Waals surface area (Å²) >= 11 is 0. The lowest BCUT2D eigenvalue weighted by molar-refractivity contribution is 0.102. The van der Waals surface area contributed by atoms with Crippen molar-refractivity contribution in [3.05, 3.63) is 72.3 Å². The van der Waals surface area contributed by atoms with Gasteiger partial charge in [-0.2, -0.15) is 0 Å². The first kappa shape index (κ1) is 16.4. The third-order valence-electron chi connectivity index (χ3n) is 3.32.